The predicted molar refractivity (Wildman–Crippen MR) is 52.2 cm³/mol. The summed E-state index contributed by atoms with van der Waals surface area (Å²) in [5.41, 5.74) is -0.346. The van der Waals surface area contributed by atoms with Crippen molar-refractivity contribution in [2.24, 2.45) is 10.8 Å². The molecule has 2 aliphatic carbocycles. The molecule has 2 aliphatic rings. The van der Waals surface area contributed by atoms with E-state index in [0.717, 1.165) is 19.4 Å². The minimum Gasteiger partial charge on any atom is -0.354 e. The van der Waals surface area contributed by atoms with Gasteiger partial charge in [-0.05, 0) is 31.1 Å². The Hall–Kier alpha value is -1.04. The first-order valence-corrected chi connectivity index (χ1v) is 5.30. The smallest absolute Gasteiger partial charge is 0.240 e. The zero-order chi connectivity index (χ0) is 10.2. The lowest BCUT2D eigenvalue weighted by atomic mass is 9.70. The minimum absolute atomic E-state index is 0.0480. The van der Waals surface area contributed by atoms with Gasteiger partial charge < -0.3 is 5.32 Å². The molecular weight excluding hydrogens is 176 g/mol. The van der Waals surface area contributed by atoms with Gasteiger partial charge in [0.2, 0.25) is 5.91 Å². The molecule has 1 N–H and O–H groups in total. The van der Waals surface area contributed by atoms with Crippen molar-refractivity contribution in [1.82, 2.24) is 5.32 Å². The minimum atomic E-state index is -0.653. The van der Waals surface area contributed by atoms with Crippen LogP contribution >= 0.6 is 0 Å². The number of rotatable bonds is 3. The maximum absolute atomic E-state index is 11.6. The molecule has 2 saturated carbocycles. The molecule has 0 bridgehead atoms. The van der Waals surface area contributed by atoms with Gasteiger partial charge in [0.05, 0.1) is 6.07 Å². The Kier molecular flexibility index (Phi) is 2.02. The number of hydrogen-bond donors (Lipinski definition) is 1. The Morgan fingerprint density at radius 1 is 1.43 bits per heavy atom. The summed E-state index contributed by atoms with van der Waals surface area (Å²) in [5, 5.41) is 11.7. The second-order valence-corrected chi connectivity index (χ2v) is 5.04. The van der Waals surface area contributed by atoms with E-state index in [1.807, 2.05) is 0 Å². The van der Waals surface area contributed by atoms with E-state index in [4.69, 9.17) is 5.26 Å². The van der Waals surface area contributed by atoms with E-state index in [0.29, 0.717) is 5.41 Å². The summed E-state index contributed by atoms with van der Waals surface area (Å²) >= 11 is 0. The topological polar surface area (TPSA) is 52.9 Å². The van der Waals surface area contributed by atoms with Crippen molar-refractivity contribution in [2.45, 2.75) is 39.0 Å². The van der Waals surface area contributed by atoms with Crippen LogP contribution in [0, 0.1) is 22.2 Å². The van der Waals surface area contributed by atoms with Crippen LogP contribution in [0.1, 0.15) is 39.0 Å². The van der Waals surface area contributed by atoms with Crippen molar-refractivity contribution in [3.63, 3.8) is 0 Å². The Morgan fingerprint density at radius 3 is 2.43 bits per heavy atom. The molecule has 0 saturated heterocycles. The molecule has 0 aliphatic heterocycles. The number of carbonyl (C=O) groups excluding carboxylic acids is 1. The van der Waals surface area contributed by atoms with Gasteiger partial charge in [0.1, 0.15) is 5.41 Å². The summed E-state index contributed by atoms with van der Waals surface area (Å²) < 4.78 is 0. The normalized spacial score (nSPS) is 25.7. The Morgan fingerprint density at radius 2 is 2.07 bits per heavy atom. The molecule has 1 amide bonds. The molecule has 2 fully saturated rings. The van der Waals surface area contributed by atoms with Gasteiger partial charge in [-0.1, -0.05) is 13.3 Å². The van der Waals surface area contributed by atoms with Gasteiger partial charge in [-0.3, -0.25) is 4.79 Å². The fourth-order valence-corrected chi connectivity index (χ4v) is 1.93. The van der Waals surface area contributed by atoms with E-state index in [1.54, 1.807) is 0 Å². The van der Waals surface area contributed by atoms with Crippen molar-refractivity contribution < 1.29 is 4.79 Å². The fourth-order valence-electron chi connectivity index (χ4n) is 1.93. The molecule has 76 valence electrons. The molecule has 2 rings (SSSR count). The molecule has 0 aromatic carbocycles. The van der Waals surface area contributed by atoms with Crippen LogP contribution < -0.4 is 5.32 Å². The SMILES string of the molecule is CC1(CNC(=O)C2(C#N)CC2)CCC1. The van der Waals surface area contributed by atoms with Gasteiger partial charge in [-0.25, -0.2) is 0 Å². The number of nitrogens with one attached hydrogen (secondary N) is 1. The van der Waals surface area contributed by atoms with Crippen LogP contribution in [0.3, 0.4) is 0 Å². The molecule has 3 nitrogen and oxygen atoms in total. The number of carbonyl (C=O) groups is 1. The molecule has 3 heteroatoms. The largest absolute Gasteiger partial charge is 0.354 e. The highest BCUT2D eigenvalue weighted by atomic mass is 16.2. The van der Waals surface area contributed by atoms with Crippen molar-refractivity contribution >= 4 is 5.91 Å². The summed E-state index contributed by atoms with van der Waals surface area (Å²) in [6, 6.07) is 2.11. The lowest BCUT2D eigenvalue weighted by Gasteiger charge is -2.38. The van der Waals surface area contributed by atoms with Crippen LogP contribution in [-0.4, -0.2) is 12.5 Å². The van der Waals surface area contributed by atoms with Crippen molar-refractivity contribution in [1.29, 1.82) is 5.26 Å². The molecule has 0 spiro atoms. The third kappa shape index (κ3) is 1.50. The van der Waals surface area contributed by atoms with Gasteiger partial charge in [0.25, 0.3) is 0 Å². The fraction of sp³-hybridized carbons (Fsp3) is 0.818. The second-order valence-electron chi connectivity index (χ2n) is 5.04. The van der Waals surface area contributed by atoms with E-state index >= 15 is 0 Å². The third-order valence-corrected chi connectivity index (χ3v) is 3.64. The molecule has 14 heavy (non-hydrogen) atoms. The van der Waals surface area contributed by atoms with Crippen molar-refractivity contribution in [3.05, 3.63) is 0 Å². The number of nitrogens with zero attached hydrogens (tertiary/aromatic N) is 1. The maximum Gasteiger partial charge on any atom is 0.240 e. The summed E-state index contributed by atoms with van der Waals surface area (Å²) in [6.45, 7) is 2.94. The molecule has 0 aromatic rings. The highest BCUT2D eigenvalue weighted by molar-refractivity contribution is 5.88. The Labute approximate surface area is 84.5 Å². The average Bonchev–Trinajstić information content (AvgIpc) is 2.91. The van der Waals surface area contributed by atoms with Gasteiger partial charge in [-0.15, -0.1) is 0 Å². The second kappa shape index (κ2) is 2.98. The van der Waals surface area contributed by atoms with Crippen LogP contribution in [0.15, 0.2) is 0 Å². The van der Waals surface area contributed by atoms with E-state index < -0.39 is 5.41 Å². The van der Waals surface area contributed by atoms with E-state index in [1.165, 1.54) is 19.3 Å². The first-order chi connectivity index (χ1) is 6.60. The van der Waals surface area contributed by atoms with Crippen LogP contribution in [0.25, 0.3) is 0 Å². The number of hydrogen-bond acceptors (Lipinski definition) is 2. The van der Waals surface area contributed by atoms with Gasteiger partial charge in [0, 0.05) is 6.54 Å². The maximum atomic E-state index is 11.6. The zero-order valence-electron chi connectivity index (χ0n) is 8.60. The van der Waals surface area contributed by atoms with Gasteiger partial charge in [-0.2, -0.15) is 5.26 Å². The van der Waals surface area contributed by atoms with Crippen LogP contribution in [0.5, 0.6) is 0 Å². The molecule has 0 aromatic heterocycles. The van der Waals surface area contributed by atoms with Crippen LogP contribution in [0.2, 0.25) is 0 Å². The third-order valence-electron chi connectivity index (χ3n) is 3.64. The van der Waals surface area contributed by atoms with Crippen LogP contribution in [-0.2, 0) is 4.79 Å². The Bertz CT molecular complexity index is 295. The molecular formula is C11H16N2O. The molecule has 0 heterocycles. The summed E-state index contributed by atoms with van der Waals surface area (Å²) in [5.74, 6) is -0.0480. The number of nitriles is 1. The quantitative estimate of drug-likeness (QED) is 0.738. The van der Waals surface area contributed by atoms with E-state index in [2.05, 4.69) is 18.3 Å². The summed E-state index contributed by atoms with van der Waals surface area (Å²) in [7, 11) is 0. The predicted octanol–water partition coefficient (Wildman–Crippen LogP) is 1.60. The number of amides is 1. The Balaban J connectivity index is 1.81. The summed E-state index contributed by atoms with van der Waals surface area (Å²) in [4.78, 5) is 11.6. The average molecular weight is 192 g/mol. The highest BCUT2D eigenvalue weighted by Gasteiger charge is 2.51. The first kappa shape index (κ1) is 9.51. The lowest BCUT2D eigenvalue weighted by molar-refractivity contribution is -0.125. The van der Waals surface area contributed by atoms with Gasteiger partial charge >= 0.3 is 0 Å². The van der Waals surface area contributed by atoms with E-state index in [-0.39, 0.29) is 5.91 Å². The van der Waals surface area contributed by atoms with Gasteiger partial charge in [0.15, 0.2) is 0 Å². The van der Waals surface area contributed by atoms with Crippen molar-refractivity contribution in [2.75, 3.05) is 6.54 Å². The standard InChI is InChI=1S/C11H16N2O/c1-10(3-2-4-10)8-13-9(14)11(7-12)5-6-11/h2-6,8H2,1H3,(H,13,14). The van der Waals surface area contributed by atoms with Crippen LogP contribution in [0.4, 0.5) is 0 Å². The van der Waals surface area contributed by atoms with E-state index in [9.17, 15) is 4.79 Å². The lowest BCUT2D eigenvalue weighted by Crippen LogP contribution is -2.42. The monoisotopic (exact) mass is 192 g/mol. The molecule has 0 atom stereocenters. The molecule has 0 unspecified atom stereocenters. The van der Waals surface area contributed by atoms with Crippen molar-refractivity contribution in [3.8, 4) is 6.07 Å². The zero-order valence-corrected chi connectivity index (χ0v) is 8.60. The summed E-state index contributed by atoms with van der Waals surface area (Å²) in [6.07, 6.45) is 5.16. The molecule has 0 radical (unpaired) electrons. The highest BCUT2D eigenvalue weighted by Crippen LogP contribution is 2.45. The first-order valence-electron chi connectivity index (χ1n) is 5.30.